The van der Waals surface area contributed by atoms with Gasteiger partial charge in [0, 0.05) is 11.9 Å². The molecule has 2 heteroatoms. The molecule has 0 unspecified atom stereocenters. The first-order chi connectivity index (χ1) is 4.33. The van der Waals surface area contributed by atoms with Crippen LogP contribution in [0.2, 0.25) is 0 Å². The van der Waals surface area contributed by atoms with Gasteiger partial charge in [0.25, 0.3) is 0 Å². The number of halogens is 1. The van der Waals surface area contributed by atoms with E-state index in [2.05, 4.69) is 24.9 Å². The zero-order valence-corrected chi connectivity index (χ0v) is 7.11. The first kappa shape index (κ1) is 9.44. The van der Waals surface area contributed by atoms with Crippen LogP contribution in [0.4, 0.5) is 0 Å². The second-order valence-corrected chi connectivity index (χ2v) is 2.18. The van der Waals surface area contributed by atoms with Gasteiger partial charge in [0.15, 0.2) is 0 Å². The van der Waals surface area contributed by atoms with Crippen LogP contribution in [0.15, 0.2) is 18.3 Å². The summed E-state index contributed by atoms with van der Waals surface area (Å²) in [5.74, 6) is 0. The molecule has 0 aliphatic carbocycles. The number of aromatic nitrogens is 1. The minimum absolute atomic E-state index is 0. The van der Waals surface area contributed by atoms with Crippen molar-refractivity contribution in [2.45, 2.75) is 20.3 Å². The zero-order valence-electron chi connectivity index (χ0n) is 6.29. The van der Waals surface area contributed by atoms with Crippen LogP contribution in [0.25, 0.3) is 0 Å². The molecule has 56 valence electrons. The van der Waals surface area contributed by atoms with E-state index < -0.39 is 0 Å². The second kappa shape index (κ2) is 4.29. The molecular weight excluding hydrogens is 146 g/mol. The summed E-state index contributed by atoms with van der Waals surface area (Å²) in [5, 5.41) is 0. The van der Waals surface area contributed by atoms with E-state index in [0.717, 1.165) is 6.42 Å². The van der Waals surface area contributed by atoms with E-state index in [1.807, 2.05) is 12.3 Å². The van der Waals surface area contributed by atoms with Crippen molar-refractivity contribution in [2.24, 2.45) is 0 Å². The van der Waals surface area contributed by atoms with Crippen LogP contribution >= 0.6 is 12.4 Å². The lowest BCUT2D eigenvalue weighted by Crippen LogP contribution is -1.85. The molecule has 1 nitrogen and oxygen atoms in total. The Morgan fingerprint density at radius 1 is 1.50 bits per heavy atom. The lowest BCUT2D eigenvalue weighted by atomic mass is 10.2. The highest BCUT2D eigenvalue weighted by molar-refractivity contribution is 5.85. The van der Waals surface area contributed by atoms with Gasteiger partial charge in [0.1, 0.15) is 0 Å². The first-order valence-electron chi connectivity index (χ1n) is 3.24. The van der Waals surface area contributed by atoms with Gasteiger partial charge in [0.05, 0.1) is 0 Å². The van der Waals surface area contributed by atoms with Crippen molar-refractivity contribution in [3.63, 3.8) is 0 Å². The Labute approximate surface area is 67.9 Å². The van der Waals surface area contributed by atoms with Gasteiger partial charge < -0.3 is 0 Å². The third kappa shape index (κ3) is 2.36. The second-order valence-electron chi connectivity index (χ2n) is 2.18. The maximum absolute atomic E-state index is 4.16. The Morgan fingerprint density at radius 2 is 2.20 bits per heavy atom. The average molecular weight is 158 g/mol. The van der Waals surface area contributed by atoms with Crippen molar-refractivity contribution >= 4 is 12.4 Å². The van der Waals surface area contributed by atoms with Gasteiger partial charge in [-0.25, -0.2) is 0 Å². The molecule has 0 aliphatic heterocycles. The highest BCUT2D eigenvalue weighted by Crippen LogP contribution is 1.98. The highest BCUT2D eigenvalue weighted by atomic mass is 35.5. The van der Waals surface area contributed by atoms with Crippen LogP contribution in [0, 0.1) is 6.92 Å². The fourth-order valence-electron chi connectivity index (χ4n) is 0.792. The van der Waals surface area contributed by atoms with Crippen molar-refractivity contribution < 1.29 is 0 Å². The number of nitrogens with zero attached hydrogens (tertiary/aromatic N) is 1. The number of aryl methyl sites for hydroxylation is 2. The fourth-order valence-corrected chi connectivity index (χ4v) is 0.792. The quantitative estimate of drug-likeness (QED) is 0.610. The highest BCUT2D eigenvalue weighted by Gasteiger charge is 1.87. The molecule has 1 heterocycles. The average Bonchev–Trinajstić information content (AvgIpc) is 1.88. The van der Waals surface area contributed by atoms with Gasteiger partial charge in [0.2, 0.25) is 0 Å². The van der Waals surface area contributed by atoms with E-state index in [-0.39, 0.29) is 12.4 Å². The largest absolute Gasteiger partial charge is 0.261 e. The normalized spacial score (nSPS) is 8.60. The molecule has 1 aromatic rings. The van der Waals surface area contributed by atoms with E-state index in [0.29, 0.717) is 0 Å². The Kier molecular flexibility index (Phi) is 4.05. The molecule has 0 amide bonds. The van der Waals surface area contributed by atoms with Gasteiger partial charge in [-0.2, -0.15) is 0 Å². The summed E-state index contributed by atoms with van der Waals surface area (Å²) < 4.78 is 0. The van der Waals surface area contributed by atoms with Gasteiger partial charge in [-0.1, -0.05) is 6.92 Å². The van der Waals surface area contributed by atoms with Gasteiger partial charge >= 0.3 is 0 Å². The topological polar surface area (TPSA) is 12.9 Å². The zero-order chi connectivity index (χ0) is 6.69. The summed E-state index contributed by atoms with van der Waals surface area (Å²) in [7, 11) is 0. The van der Waals surface area contributed by atoms with Crippen molar-refractivity contribution in [3.05, 3.63) is 29.6 Å². The molecule has 0 aliphatic rings. The van der Waals surface area contributed by atoms with E-state index in [4.69, 9.17) is 0 Å². The third-order valence-electron chi connectivity index (χ3n) is 1.33. The van der Waals surface area contributed by atoms with Gasteiger partial charge in [-0.3, -0.25) is 4.98 Å². The van der Waals surface area contributed by atoms with Crippen LogP contribution in [0.5, 0.6) is 0 Å². The van der Waals surface area contributed by atoms with E-state index in [1.54, 1.807) is 0 Å². The van der Waals surface area contributed by atoms with Crippen molar-refractivity contribution in [1.29, 1.82) is 0 Å². The lowest BCUT2D eigenvalue weighted by molar-refractivity contribution is 1.03. The molecule has 10 heavy (non-hydrogen) atoms. The molecule has 0 bridgehead atoms. The number of hydrogen-bond acceptors (Lipinski definition) is 1. The Morgan fingerprint density at radius 3 is 2.60 bits per heavy atom. The monoisotopic (exact) mass is 157 g/mol. The Bertz CT molecular complexity index is 198. The predicted molar refractivity (Wildman–Crippen MR) is 45.6 cm³/mol. The first-order valence-corrected chi connectivity index (χ1v) is 3.24. The molecule has 0 spiro atoms. The molecule has 0 saturated heterocycles. The van der Waals surface area contributed by atoms with Crippen molar-refractivity contribution in [2.75, 3.05) is 0 Å². The molecule has 0 N–H and O–H groups in total. The molecule has 1 rings (SSSR count). The summed E-state index contributed by atoms with van der Waals surface area (Å²) in [6.45, 7) is 4.20. The molecule has 1 aromatic heterocycles. The van der Waals surface area contributed by atoms with Crippen LogP contribution < -0.4 is 0 Å². The maximum atomic E-state index is 4.16. The predicted octanol–water partition coefficient (Wildman–Crippen LogP) is 2.37. The summed E-state index contributed by atoms with van der Waals surface area (Å²) in [6, 6.07) is 4.12. The minimum atomic E-state index is 0. The fraction of sp³-hybridized carbons (Fsp3) is 0.375. The molecule has 0 aromatic carbocycles. The Balaban J connectivity index is 0.000000810. The molecule has 0 saturated carbocycles. The van der Waals surface area contributed by atoms with Crippen LogP contribution in [0.1, 0.15) is 18.2 Å². The summed E-state index contributed by atoms with van der Waals surface area (Å²) in [4.78, 5) is 4.16. The van der Waals surface area contributed by atoms with Gasteiger partial charge in [-0.15, -0.1) is 12.4 Å². The van der Waals surface area contributed by atoms with Crippen molar-refractivity contribution in [3.8, 4) is 0 Å². The lowest BCUT2D eigenvalue weighted by Gasteiger charge is -1.94. The molecule has 0 atom stereocenters. The van der Waals surface area contributed by atoms with E-state index >= 15 is 0 Å². The number of pyridine rings is 1. The SMILES string of the molecule is CCc1cc(C)ccn1.Cl. The van der Waals surface area contributed by atoms with Gasteiger partial charge in [-0.05, 0) is 31.0 Å². The number of hydrogen-bond donors (Lipinski definition) is 0. The van der Waals surface area contributed by atoms with Crippen LogP contribution in [0.3, 0.4) is 0 Å². The van der Waals surface area contributed by atoms with Crippen molar-refractivity contribution in [1.82, 2.24) is 4.98 Å². The molecule has 0 fully saturated rings. The Hall–Kier alpha value is -0.560. The smallest absolute Gasteiger partial charge is 0.0403 e. The van der Waals surface area contributed by atoms with E-state index in [1.165, 1.54) is 11.3 Å². The minimum Gasteiger partial charge on any atom is -0.261 e. The van der Waals surface area contributed by atoms with Crippen LogP contribution in [-0.2, 0) is 6.42 Å². The van der Waals surface area contributed by atoms with Crippen LogP contribution in [-0.4, -0.2) is 4.98 Å². The maximum Gasteiger partial charge on any atom is 0.0403 e. The molecular formula is C8H12ClN. The third-order valence-corrected chi connectivity index (χ3v) is 1.33. The van der Waals surface area contributed by atoms with E-state index in [9.17, 15) is 0 Å². The summed E-state index contributed by atoms with van der Waals surface area (Å²) in [5.41, 5.74) is 2.47. The summed E-state index contributed by atoms with van der Waals surface area (Å²) in [6.07, 6.45) is 2.88. The molecule has 0 radical (unpaired) electrons. The summed E-state index contributed by atoms with van der Waals surface area (Å²) >= 11 is 0. The standard InChI is InChI=1S/C8H11N.ClH/c1-3-8-6-7(2)4-5-9-8;/h4-6H,3H2,1-2H3;1H. The number of rotatable bonds is 1.